The van der Waals surface area contributed by atoms with Crippen LogP contribution in [-0.4, -0.2) is 24.5 Å². The maximum Gasteiger partial charge on any atom is 0.120 e. The zero-order valence-electron chi connectivity index (χ0n) is 12.0. The van der Waals surface area contributed by atoms with Crippen LogP contribution >= 0.6 is 0 Å². The van der Waals surface area contributed by atoms with Crippen molar-refractivity contribution in [3.05, 3.63) is 23.2 Å². The molecule has 0 amide bonds. The van der Waals surface area contributed by atoms with E-state index in [0.29, 0.717) is 0 Å². The molecule has 1 unspecified atom stereocenters. The summed E-state index contributed by atoms with van der Waals surface area (Å²) in [6, 6.07) is 2.20. The first kappa shape index (κ1) is 13.6. The lowest BCUT2D eigenvalue weighted by atomic mass is 10.1. The van der Waals surface area contributed by atoms with Gasteiger partial charge in [-0.1, -0.05) is 20.3 Å². The third kappa shape index (κ3) is 3.36. The van der Waals surface area contributed by atoms with Crippen molar-refractivity contribution in [1.29, 1.82) is 0 Å². The molecule has 1 atom stereocenters. The van der Waals surface area contributed by atoms with Gasteiger partial charge < -0.3 is 9.73 Å². The molecular weight excluding hydrogens is 224 g/mol. The van der Waals surface area contributed by atoms with E-state index in [-0.39, 0.29) is 0 Å². The second kappa shape index (κ2) is 6.39. The lowest BCUT2D eigenvalue weighted by Gasteiger charge is -2.13. The van der Waals surface area contributed by atoms with Crippen LogP contribution in [0.2, 0.25) is 0 Å². The van der Waals surface area contributed by atoms with Gasteiger partial charge in [-0.15, -0.1) is 0 Å². The Bertz CT molecular complexity index is 373. The van der Waals surface area contributed by atoms with Crippen molar-refractivity contribution in [1.82, 2.24) is 10.2 Å². The Kier molecular flexibility index (Phi) is 4.84. The van der Waals surface area contributed by atoms with Gasteiger partial charge in [-0.3, -0.25) is 4.90 Å². The lowest BCUT2D eigenvalue weighted by Crippen LogP contribution is -2.19. The minimum absolute atomic E-state index is 0.847. The molecule has 0 spiro atoms. The summed E-state index contributed by atoms with van der Waals surface area (Å²) in [5.41, 5.74) is 1.28. The molecule has 1 aromatic rings. The molecule has 0 bridgehead atoms. The van der Waals surface area contributed by atoms with E-state index >= 15 is 0 Å². The number of likely N-dealkylation sites (tertiary alicyclic amines) is 1. The fourth-order valence-electron chi connectivity index (χ4n) is 2.69. The maximum atomic E-state index is 5.94. The second-order valence-corrected chi connectivity index (χ2v) is 5.40. The number of hydrogen-bond acceptors (Lipinski definition) is 3. The van der Waals surface area contributed by atoms with Gasteiger partial charge in [0.15, 0.2) is 0 Å². The normalized spacial score (nSPS) is 20.7. The number of furan rings is 1. The van der Waals surface area contributed by atoms with Crippen molar-refractivity contribution in [3.63, 3.8) is 0 Å². The van der Waals surface area contributed by atoms with Gasteiger partial charge in [0.05, 0.1) is 13.1 Å². The minimum Gasteiger partial charge on any atom is -0.463 e. The monoisotopic (exact) mass is 250 g/mol. The minimum atomic E-state index is 0.847. The largest absolute Gasteiger partial charge is 0.463 e. The van der Waals surface area contributed by atoms with Crippen LogP contribution in [0, 0.1) is 12.8 Å². The standard InChI is InChI=1S/C15H26N2O/c1-4-13-6-7-17(10-13)11-14-8-12(3)15(18-14)9-16-5-2/h8,13,16H,4-7,9-11H2,1-3H3. The maximum absolute atomic E-state index is 5.94. The summed E-state index contributed by atoms with van der Waals surface area (Å²) in [7, 11) is 0. The molecule has 1 N–H and O–H groups in total. The average molecular weight is 250 g/mol. The number of hydrogen-bond donors (Lipinski definition) is 1. The molecular formula is C15H26N2O. The summed E-state index contributed by atoms with van der Waals surface area (Å²) >= 11 is 0. The Balaban J connectivity index is 1.90. The number of nitrogens with zero attached hydrogens (tertiary/aromatic N) is 1. The van der Waals surface area contributed by atoms with E-state index in [2.05, 4.69) is 37.1 Å². The van der Waals surface area contributed by atoms with Gasteiger partial charge in [0.25, 0.3) is 0 Å². The molecule has 1 fully saturated rings. The smallest absolute Gasteiger partial charge is 0.120 e. The van der Waals surface area contributed by atoms with E-state index in [0.717, 1.165) is 37.1 Å². The highest BCUT2D eigenvalue weighted by Gasteiger charge is 2.22. The molecule has 0 radical (unpaired) electrons. The molecule has 18 heavy (non-hydrogen) atoms. The Morgan fingerprint density at radius 1 is 1.44 bits per heavy atom. The van der Waals surface area contributed by atoms with Crippen LogP contribution in [0.25, 0.3) is 0 Å². The number of rotatable bonds is 6. The molecule has 1 aliphatic rings. The third-order valence-electron chi connectivity index (χ3n) is 3.93. The molecule has 0 aliphatic carbocycles. The number of aryl methyl sites for hydroxylation is 1. The molecule has 3 heteroatoms. The van der Waals surface area contributed by atoms with E-state index in [1.807, 2.05) is 0 Å². The fraction of sp³-hybridized carbons (Fsp3) is 0.733. The van der Waals surface area contributed by atoms with Crippen LogP contribution in [0.3, 0.4) is 0 Å². The Morgan fingerprint density at radius 2 is 2.28 bits per heavy atom. The molecule has 1 saturated heterocycles. The highest BCUT2D eigenvalue weighted by Crippen LogP contribution is 2.23. The van der Waals surface area contributed by atoms with Crippen molar-refractivity contribution in [2.75, 3.05) is 19.6 Å². The summed E-state index contributed by atoms with van der Waals surface area (Å²) in [4.78, 5) is 2.52. The quantitative estimate of drug-likeness (QED) is 0.841. The van der Waals surface area contributed by atoms with Crippen LogP contribution in [0.1, 0.15) is 43.8 Å². The molecule has 2 rings (SSSR count). The molecule has 0 saturated carbocycles. The zero-order chi connectivity index (χ0) is 13.0. The van der Waals surface area contributed by atoms with Gasteiger partial charge in [0, 0.05) is 6.54 Å². The van der Waals surface area contributed by atoms with Gasteiger partial charge in [-0.05, 0) is 44.0 Å². The average Bonchev–Trinajstić information content (AvgIpc) is 2.94. The highest BCUT2D eigenvalue weighted by molar-refractivity contribution is 5.20. The Morgan fingerprint density at radius 3 is 2.94 bits per heavy atom. The van der Waals surface area contributed by atoms with Crippen LogP contribution < -0.4 is 5.32 Å². The molecule has 1 aromatic heterocycles. The van der Waals surface area contributed by atoms with Crippen LogP contribution in [0.15, 0.2) is 10.5 Å². The zero-order valence-corrected chi connectivity index (χ0v) is 12.0. The third-order valence-corrected chi connectivity index (χ3v) is 3.93. The Hall–Kier alpha value is -0.800. The van der Waals surface area contributed by atoms with E-state index in [1.54, 1.807) is 0 Å². The van der Waals surface area contributed by atoms with Crippen molar-refractivity contribution >= 4 is 0 Å². The molecule has 2 heterocycles. The van der Waals surface area contributed by atoms with E-state index in [1.165, 1.54) is 31.5 Å². The van der Waals surface area contributed by atoms with Gasteiger partial charge in [-0.2, -0.15) is 0 Å². The molecule has 1 aliphatic heterocycles. The summed E-state index contributed by atoms with van der Waals surface area (Å²) in [5.74, 6) is 3.11. The molecule has 3 nitrogen and oxygen atoms in total. The van der Waals surface area contributed by atoms with Crippen molar-refractivity contribution in [2.24, 2.45) is 5.92 Å². The first-order valence-electron chi connectivity index (χ1n) is 7.24. The predicted molar refractivity (Wildman–Crippen MR) is 74.5 cm³/mol. The van der Waals surface area contributed by atoms with Gasteiger partial charge >= 0.3 is 0 Å². The topological polar surface area (TPSA) is 28.4 Å². The van der Waals surface area contributed by atoms with Crippen molar-refractivity contribution in [3.8, 4) is 0 Å². The van der Waals surface area contributed by atoms with Crippen molar-refractivity contribution < 1.29 is 4.42 Å². The van der Waals surface area contributed by atoms with Crippen LogP contribution in [-0.2, 0) is 13.1 Å². The van der Waals surface area contributed by atoms with E-state index in [4.69, 9.17) is 4.42 Å². The van der Waals surface area contributed by atoms with E-state index < -0.39 is 0 Å². The fourth-order valence-corrected chi connectivity index (χ4v) is 2.69. The molecule has 0 aromatic carbocycles. The summed E-state index contributed by atoms with van der Waals surface area (Å²) in [6.07, 6.45) is 2.65. The summed E-state index contributed by atoms with van der Waals surface area (Å²) < 4.78 is 5.94. The van der Waals surface area contributed by atoms with Crippen LogP contribution in [0.5, 0.6) is 0 Å². The highest BCUT2D eigenvalue weighted by atomic mass is 16.3. The van der Waals surface area contributed by atoms with Crippen LogP contribution in [0.4, 0.5) is 0 Å². The first-order valence-corrected chi connectivity index (χ1v) is 7.24. The lowest BCUT2D eigenvalue weighted by molar-refractivity contribution is 0.280. The Labute approximate surface area is 111 Å². The van der Waals surface area contributed by atoms with Gasteiger partial charge in [0.1, 0.15) is 11.5 Å². The first-order chi connectivity index (χ1) is 8.72. The molecule has 102 valence electrons. The summed E-state index contributed by atoms with van der Waals surface area (Å²) in [6.45, 7) is 11.8. The number of nitrogens with one attached hydrogen (secondary N) is 1. The van der Waals surface area contributed by atoms with Gasteiger partial charge in [0.2, 0.25) is 0 Å². The predicted octanol–water partition coefficient (Wildman–Crippen LogP) is 2.93. The SMILES string of the molecule is CCNCc1oc(CN2CCC(CC)C2)cc1C. The van der Waals surface area contributed by atoms with Crippen molar-refractivity contribution in [2.45, 2.75) is 46.7 Å². The summed E-state index contributed by atoms with van der Waals surface area (Å²) in [5, 5.41) is 3.32. The van der Waals surface area contributed by atoms with E-state index in [9.17, 15) is 0 Å². The van der Waals surface area contributed by atoms with Gasteiger partial charge in [-0.25, -0.2) is 0 Å². The second-order valence-electron chi connectivity index (χ2n) is 5.40.